The Morgan fingerprint density at radius 3 is 2.31 bits per heavy atom. The number of nitrogens with two attached hydrogens (primary N) is 1. The minimum absolute atomic E-state index is 0.00491. The van der Waals surface area contributed by atoms with Gasteiger partial charge in [-0.1, -0.05) is 0 Å². The first kappa shape index (κ1) is 14.6. The monoisotopic (exact) mass is 230 g/mol. The van der Waals surface area contributed by atoms with E-state index in [4.69, 9.17) is 15.9 Å². The molecule has 0 heterocycles. The lowest BCUT2D eigenvalue weighted by molar-refractivity contribution is -0.132. The van der Waals surface area contributed by atoms with Crippen LogP contribution < -0.4 is 5.73 Å². The average molecular weight is 230 g/mol. The molecule has 0 aliphatic carbocycles. The SMILES string of the molecule is NCCCN(CCCO)C(=O)/C=C\C(=O)O. The van der Waals surface area contributed by atoms with Crippen molar-refractivity contribution in [3.05, 3.63) is 12.2 Å². The minimum Gasteiger partial charge on any atom is -0.478 e. The predicted octanol–water partition coefficient (Wildman–Crippen LogP) is -0.813. The molecule has 0 saturated carbocycles. The van der Waals surface area contributed by atoms with E-state index in [2.05, 4.69) is 0 Å². The summed E-state index contributed by atoms with van der Waals surface area (Å²) in [7, 11) is 0. The number of carbonyl (C=O) groups excluding carboxylic acids is 1. The molecule has 0 aliphatic rings. The van der Waals surface area contributed by atoms with E-state index in [1.807, 2.05) is 0 Å². The van der Waals surface area contributed by atoms with Gasteiger partial charge in [-0.2, -0.15) is 0 Å². The van der Waals surface area contributed by atoms with Crippen molar-refractivity contribution in [2.45, 2.75) is 12.8 Å². The Bertz CT molecular complexity index is 245. The van der Waals surface area contributed by atoms with Crippen LogP contribution >= 0.6 is 0 Å². The number of rotatable bonds is 8. The maximum Gasteiger partial charge on any atom is 0.328 e. The second kappa shape index (κ2) is 8.87. The van der Waals surface area contributed by atoms with E-state index in [9.17, 15) is 9.59 Å². The zero-order valence-corrected chi connectivity index (χ0v) is 9.13. The van der Waals surface area contributed by atoms with E-state index in [1.165, 1.54) is 4.90 Å². The van der Waals surface area contributed by atoms with E-state index >= 15 is 0 Å². The molecule has 0 fully saturated rings. The number of aliphatic hydroxyl groups excluding tert-OH is 1. The quantitative estimate of drug-likeness (QED) is 0.473. The third-order valence-electron chi connectivity index (χ3n) is 1.90. The lowest BCUT2D eigenvalue weighted by Gasteiger charge is -2.20. The zero-order chi connectivity index (χ0) is 12.4. The first-order valence-electron chi connectivity index (χ1n) is 5.12. The van der Waals surface area contributed by atoms with Crippen molar-refractivity contribution in [3.63, 3.8) is 0 Å². The van der Waals surface area contributed by atoms with Gasteiger partial charge < -0.3 is 20.8 Å². The molecular formula is C10H18N2O4. The van der Waals surface area contributed by atoms with E-state index < -0.39 is 5.97 Å². The van der Waals surface area contributed by atoms with Crippen molar-refractivity contribution in [1.82, 2.24) is 4.90 Å². The van der Waals surface area contributed by atoms with E-state index in [1.54, 1.807) is 0 Å². The van der Waals surface area contributed by atoms with Crippen LogP contribution in [0.5, 0.6) is 0 Å². The van der Waals surface area contributed by atoms with Crippen LogP contribution in [-0.4, -0.2) is 53.2 Å². The van der Waals surface area contributed by atoms with Gasteiger partial charge in [-0.05, 0) is 19.4 Å². The number of hydrogen-bond acceptors (Lipinski definition) is 4. The standard InChI is InChI=1S/C10H18N2O4/c11-5-1-6-12(7-2-8-13)9(14)3-4-10(15)16/h3-4,13H,1-2,5-8,11H2,(H,15,16)/b4-3-. The number of carbonyl (C=O) groups is 2. The van der Waals surface area contributed by atoms with Crippen molar-refractivity contribution in [1.29, 1.82) is 0 Å². The third-order valence-corrected chi connectivity index (χ3v) is 1.90. The fraction of sp³-hybridized carbons (Fsp3) is 0.600. The van der Waals surface area contributed by atoms with Crippen LogP contribution in [0.2, 0.25) is 0 Å². The summed E-state index contributed by atoms with van der Waals surface area (Å²) in [6, 6.07) is 0. The van der Waals surface area contributed by atoms with Gasteiger partial charge in [0, 0.05) is 31.8 Å². The van der Waals surface area contributed by atoms with E-state index in [0.717, 1.165) is 12.2 Å². The normalized spacial score (nSPS) is 10.6. The molecule has 0 aliphatic heterocycles. The van der Waals surface area contributed by atoms with Crippen LogP contribution in [0.4, 0.5) is 0 Å². The van der Waals surface area contributed by atoms with Gasteiger partial charge in [-0.25, -0.2) is 4.79 Å². The smallest absolute Gasteiger partial charge is 0.328 e. The van der Waals surface area contributed by atoms with Crippen molar-refractivity contribution < 1.29 is 19.8 Å². The van der Waals surface area contributed by atoms with Gasteiger partial charge in [-0.3, -0.25) is 4.79 Å². The molecule has 92 valence electrons. The maximum absolute atomic E-state index is 11.5. The number of nitrogens with zero attached hydrogens (tertiary/aromatic N) is 1. The Balaban J connectivity index is 4.24. The Kier molecular flexibility index (Phi) is 8.10. The molecule has 0 saturated heterocycles. The minimum atomic E-state index is -1.16. The molecule has 0 bridgehead atoms. The van der Waals surface area contributed by atoms with Crippen molar-refractivity contribution in [3.8, 4) is 0 Å². The van der Waals surface area contributed by atoms with Crippen molar-refractivity contribution in [2.75, 3.05) is 26.2 Å². The maximum atomic E-state index is 11.5. The predicted molar refractivity (Wildman–Crippen MR) is 58.7 cm³/mol. The van der Waals surface area contributed by atoms with Crippen LogP contribution in [0, 0.1) is 0 Å². The van der Waals surface area contributed by atoms with Crippen LogP contribution in [0.3, 0.4) is 0 Å². The molecule has 1 amide bonds. The van der Waals surface area contributed by atoms with E-state index in [0.29, 0.717) is 32.5 Å². The van der Waals surface area contributed by atoms with Gasteiger partial charge in [0.25, 0.3) is 0 Å². The fourth-order valence-electron chi connectivity index (χ4n) is 1.12. The van der Waals surface area contributed by atoms with Gasteiger partial charge >= 0.3 is 5.97 Å². The summed E-state index contributed by atoms with van der Waals surface area (Å²) in [6.45, 7) is 1.33. The Morgan fingerprint density at radius 2 is 1.81 bits per heavy atom. The van der Waals surface area contributed by atoms with Crippen LogP contribution in [0.1, 0.15) is 12.8 Å². The second-order valence-electron chi connectivity index (χ2n) is 3.22. The lowest BCUT2D eigenvalue weighted by atomic mass is 10.3. The molecule has 0 radical (unpaired) electrons. The number of hydrogen-bond donors (Lipinski definition) is 3. The molecule has 0 aromatic carbocycles. The van der Waals surface area contributed by atoms with Gasteiger partial charge in [0.2, 0.25) is 5.91 Å². The highest BCUT2D eigenvalue weighted by atomic mass is 16.4. The summed E-state index contributed by atoms with van der Waals surface area (Å²) in [5, 5.41) is 17.0. The highest BCUT2D eigenvalue weighted by Gasteiger charge is 2.09. The summed E-state index contributed by atoms with van der Waals surface area (Å²) < 4.78 is 0. The summed E-state index contributed by atoms with van der Waals surface area (Å²) in [6.07, 6.45) is 2.93. The molecule has 0 atom stereocenters. The Labute approximate surface area is 94.3 Å². The summed E-state index contributed by atoms with van der Waals surface area (Å²) in [4.78, 5) is 23.2. The number of carboxylic acids is 1. The average Bonchev–Trinajstić information content (AvgIpc) is 2.26. The molecule has 16 heavy (non-hydrogen) atoms. The molecule has 0 aromatic heterocycles. The summed E-state index contributed by atoms with van der Waals surface area (Å²) in [5.41, 5.74) is 5.33. The topological polar surface area (TPSA) is 104 Å². The zero-order valence-electron chi connectivity index (χ0n) is 9.13. The molecule has 6 heteroatoms. The fourth-order valence-corrected chi connectivity index (χ4v) is 1.12. The van der Waals surface area contributed by atoms with Gasteiger partial charge in [0.1, 0.15) is 0 Å². The molecule has 0 rings (SSSR count). The Hall–Kier alpha value is -1.40. The second-order valence-corrected chi connectivity index (χ2v) is 3.22. The van der Waals surface area contributed by atoms with Gasteiger partial charge in [0.15, 0.2) is 0 Å². The van der Waals surface area contributed by atoms with Crippen LogP contribution in [0.25, 0.3) is 0 Å². The van der Waals surface area contributed by atoms with Crippen molar-refractivity contribution >= 4 is 11.9 Å². The molecule has 0 aromatic rings. The third kappa shape index (κ3) is 6.97. The van der Waals surface area contributed by atoms with Crippen molar-refractivity contribution in [2.24, 2.45) is 5.73 Å². The van der Waals surface area contributed by atoms with Crippen LogP contribution in [0.15, 0.2) is 12.2 Å². The lowest BCUT2D eigenvalue weighted by Crippen LogP contribution is -2.33. The van der Waals surface area contributed by atoms with Crippen LogP contribution in [-0.2, 0) is 9.59 Å². The first-order valence-corrected chi connectivity index (χ1v) is 5.12. The molecular weight excluding hydrogens is 212 g/mol. The first-order chi connectivity index (χ1) is 7.61. The van der Waals surface area contributed by atoms with E-state index in [-0.39, 0.29) is 12.5 Å². The highest BCUT2D eigenvalue weighted by molar-refractivity contribution is 5.93. The number of aliphatic hydroxyl groups is 1. The van der Waals surface area contributed by atoms with Gasteiger partial charge in [-0.15, -0.1) is 0 Å². The molecule has 4 N–H and O–H groups in total. The molecule has 0 unspecified atom stereocenters. The number of aliphatic carboxylic acids is 1. The summed E-state index contributed by atoms with van der Waals surface area (Å²) in [5.74, 6) is -1.53. The molecule has 6 nitrogen and oxygen atoms in total. The number of carboxylic acid groups (broad SMARTS) is 1. The Morgan fingerprint density at radius 1 is 1.19 bits per heavy atom. The van der Waals surface area contributed by atoms with Gasteiger partial charge in [0.05, 0.1) is 0 Å². The highest BCUT2D eigenvalue weighted by Crippen LogP contribution is 1.96. The largest absolute Gasteiger partial charge is 0.478 e. The number of amides is 1. The molecule has 0 spiro atoms. The summed E-state index contributed by atoms with van der Waals surface area (Å²) >= 11 is 0.